The second-order valence-electron chi connectivity index (χ2n) is 7.57. The van der Waals surface area contributed by atoms with E-state index in [1.54, 1.807) is 7.11 Å². The van der Waals surface area contributed by atoms with Gasteiger partial charge in [0.25, 0.3) is 5.91 Å². The monoisotopic (exact) mass is 552 g/mol. The Bertz CT molecular complexity index is 883. The lowest BCUT2D eigenvalue weighted by Gasteiger charge is -2.22. The lowest BCUT2D eigenvalue weighted by Crippen LogP contribution is -2.38. The van der Waals surface area contributed by atoms with Gasteiger partial charge in [0.1, 0.15) is 11.9 Å². The molecule has 2 aromatic carbocycles. The second kappa shape index (κ2) is 13.3. The number of aliphatic imine (C=N–C) groups is 1. The molecule has 32 heavy (non-hydrogen) atoms. The van der Waals surface area contributed by atoms with E-state index in [4.69, 9.17) is 14.5 Å². The summed E-state index contributed by atoms with van der Waals surface area (Å²) < 4.78 is 10.7. The van der Waals surface area contributed by atoms with Crippen LogP contribution in [0.2, 0.25) is 0 Å². The van der Waals surface area contributed by atoms with E-state index in [0.717, 1.165) is 48.9 Å². The van der Waals surface area contributed by atoms with Gasteiger partial charge in [0, 0.05) is 32.4 Å². The van der Waals surface area contributed by atoms with Crippen molar-refractivity contribution in [2.24, 2.45) is 4.99 Å². The number of hydrogen-bond acceptors (Lipinski definition) is 4. The Morgan fingerprint density at radius 3 is 2.66 bits per heavy atom. The molecule has 0 saturated carbocycles. The molecule has 0 radical (unpaired) electrons. The van der Waals surface area contributed by atoms with E-state index in [-0.39, 0.29) is 36.0 Å². The van der Waals surface area contributed by atoms with Crippen molar-refractivity contribution >= 4 is 41.5 Å². The first-order valence-electron chi connectivity index (χ1n) is 10.7. The summed E-state index contributed by atoms with van der Waals surface area (Å²) >= 11 is 0. The number of carbonyl (C=O) groups excluding carboxylic acids is 1. The molecule has 7 nitrogen and oxygen atoms in total. The topological polar surface area (TPSA) is 75.2 Å². The van der Waals surface area contributed by atoms with Gasteiger partial charge >= 0.3 is 0 Å². The number of halogens is 1. The molecule has 0 aromatic heterocycles. The molecule has 1 unspecified atom stereocenters. The number of nitrogens with zero attached hydrogens (tertiary/aromatic N) is 2. The molecule has 3 rings (SSSR count). The Kier molecular flexibility index (Phi) is 10.8. The van der Waals surface area contributed by atoms with Crippen LogP contribution in [0.15, 0.2) is 53.5 Å². The molecule has 0 aliphatic carbocycles. The Hall–Kier alpha value is -2.33. The zero-order chi connectivity index (χ0) is 22.1. The van der Waals surface area contributed by atoms with Gasteiger partial charge in [0.15, 0.2) is 5.96 Å². The highest BCUT2D eigenvalue weighted by Gasteiger charge is 2.23. The lowest BCUT2D eigenvalue weighted by molar-refractivity contribution is -0.124. The van der Waals surface area contributed by atoms with Crippen molar-refractivity contribution in [1.82, 2.24) is 10.2 Å². The first-order chi connectivity index (χ1) is 15.1. The predicted molar refractivity (Wildman–Crippen MR) is 139 cm³/mol. The fraction of sp³-hybridized carbons (Fsp3) is 0.417. The van der Waals surface area contributed by atoms with Crippen molar-refractivity contribution in [3.8, 4) is 5.75 Å². The van der Waals surface area contributed by atoms with Gasteiger partial charge in [-0.05, 0) is 55.2 Å². The summed E-state index contributed by atoms with van der Waals surface area (Å²) in [6.45, 7) is 4.73. The number of anilines is 1. The van der Waals surface area contributed by atoms with Crippen LogP contribution in [0.5, 0.6) is 5.75 Å². The van der Waals surface area contributed by atoms with Crippen LogP contribution in [0.4, 0.5) is 5.69 Å². The molecule has 1 aliphatic rings. The quantitative estimate of drug-likeness (QED) is 0.294. The van der Waals surface area contributed by atoms with E-state index >= 15 is 0 Å². The maximum atomic E-state index is 12.3. The van der Waals surface area contributed by atoms with E-state index in [0.29, 0.717) is 13.2 Å². The summed E-state index contributed by atoms with van der Waals surface area (Å²) in [5.41, 5.74) is 2.97. The maximum absolute atomic E-state index is 12.3. The fourth-order valence-corrected chi connectivity index (χ4v) is 3.47. The normalized spacial score (nSPS) is 15.6. The summed E-state index contributed by atoms with van der Waals surface area (Å²) in [5.74, 6) is 1.59. The number of carbonyl (C=O) groups is 1. The average molecular weight is 552 g/mol. The van der Waals surface area contributed by atoms with Gasteiger partial charge in [-0.25, -0.2) is 4.99 Å². The summed E-state index contributed by atoms with van der Waals surface area (Å²) in [6, 6.07) is 15.8. The van der Waals surface area contributed by atoms with Crippen LogP contribution in [0.3, 0.4) is 0 Å². The minimum atomic E-state index is -0.339. The summed E-state index contributed by atoms with van der Waals surface area (Å²) in [7, 11) is 3.68. The molecule has 0 spiro atoms. The Balaban J connectivity index is 0.00000363. The zero-order valence-electron chi connectivity index (χ0n) is 19.0. The Morgan fingerprint density at radius 1 is 1.22 bits per heavy atom. The van der Waals surface area contributed by atoms with Crippen LogP contribution in [0.25, 0.3) is 0 Å². The maximum Gasteiger partial charge on any atom is 0.253 e. The number of methoxy groups -OCH3 is 1. The van der Waals surface area contributed by atoms with Crippen LogP contribution in [-0.2, 0) is 22.6 Å². The van der Waals surface area contributed by atoms with Gasteiger partial charge in [-0.3, -0.25) is 4.79 Å². The number of hydrogen-bond donors (Lipinski definition) is 2. The van der Waals surface area contributed by atoms with E-state index in [2.05, 4.69) is 34.6 Å². The van der Waals surface area contributed by atoms with Crippen LogP contribution in [0, 0.1) is 0 Å². The van der Waals surface area contributed by atoms with Crippen LogP contribution < -0.4 is 15.4 Å². The molecular formula is C24H33IN4O3. The molecule has 8 heteroatoms. The molecule has 0 bridgehead atoms. The molecule has 1 fully saturated rings. The molecule has 1 heterocycles. The zero-order valence-corrected chi connectivity index (χ0v) is 21.3. The predicted octanol–water partition coefficient (Wildman–Crippen LogP) is 4.03. The van der Waals surface area contributed by atoms with Gasteiger partial charge in [0.05, 0.1) is 13.7 Å². The minimum Gasteiger partial charge on any atom is -0.497 e. The van der Waals surface area contributed by atoms with E-state index in [1.807, 2.05) is 43.4 Å². The molecule has 1 amide bonds. The second-order valence-corrected chi connectivity index (χ2v) is 7.57. The van der Waals surface area contributed by atoms with Crippen molar-refractivity contribution in [2.45, 2.75) is 39.0 Å². The lowest BCUT2D eigenvalue weighted by atomic mass is 10.2. The summed E-state index contributed by atoms with van der Waals surface area (Å²) in [6.07, 6.45) is 1.38. The molecule has 1 atom stereocenters. The van der Waals surface area contributed by atoms with Gasteiger partial charge in [-0.1, -0.05) is 24.3 Å². The number of benzene rings is 2. The number of ether oxygens (including phenoxy) is 2. The van der Waals surface area contributed by atoms with Crippen molar-refractivity contribution in [1.29, 1.82) is 0 Å². The largest absolute Gasteiger partial charge is 0.497 e. The molecule has 2 N–H and O–H groups in total. The third kappa shape index (κ3) is 7.67. The standard InChI is InChI=1S/C24H32N4O3.HI/c1-4-25-24(28(2)17-18-10-12-21(30-3)13-11-18)26-16-19-7-5-8-20(15-19)27-23(29)22-9-6-14-31-22;/h5,7-8,10-13,15,22H,4,6,9,14,16-17H2,1-3H3,(H,25,26)(H,27,29);1H. The highest BCUT2D eigenvalue weighted by molar-refractivity contribution is 14.0. The first-order valence-corrected chi connectivity index (χ1v) is 10.7. The smallest absolute Gasteiger partial charge is 0.253 e. The van der Waals surface area contributed by atoms with Crippen LogP contribution in [-0.4, -0.2) is 50.2 Å². The van der Waals surface area contributed by atoms with E-state index < -0.39 is 0 Å². The van der Waals surface area contributed by atoms with Gasteiger partial charge in [-0.15, -0.1) is 24.0 Å². The van der Waals surface area contributed by atoms with Crippen molar-refractivity contribution < 1.29 is 14.3 Å². The molecule has 174 valence electrons. The molecule has 2 aromatic rings. The summed E-state index contributed by atoms with van der Waals surface area (Å²) in [5, 5.41) is 6.30. The SMILES string of the molecule is CCNC(=NCc1cccc(NC(=O)C2CCCO2)c1)N(C)Cc1ccc(OC)cc1.I. The van der Waals surface area contributed by atoms with Crippen LogP contribution >= 0.6 is 24.0 Å². The fourth-order valence-electron chi connectivity index (χ4n) is 3.47. The van der Waals surface area contributed by atoms with E-state index in [9.17, 15) is 4.79 Å². The Labute approximate surface area is 207 Å². The van der Waals surface area contributed by atoms with Crippen molar-refractivity contribution in [3.63, 3.8) is 0 Å². The number of nitrogens with one attached hydrogen (secondary N) is 2. The van der Waals surface area contributed by atoms with Crippen LogP contribution in [0.1, 0.15) is 30.9 Å². The van der Waals surface area contributed by atoms with Crippen molar-refractivity contribution in [2.75, 3.05) is 32.6 Å². The third-order valence-electron chi connectivity index (χ3n) is 5.10. The van der Waals surface area contributed by atoms with Gasteiger partial charge in [-0.2, -0.15) is 0 Å². The van der Waals surface area contributed by atoms with Gasteiger partial charge in [0.2, 0.25) is 0 Å². The highest BCUT2D eigenvalue weighted by Crippen LogP contribution is 2.17. The Morgan fingerprint density at radius 2 is 2.00 bits per heavy atom. The molecule has 1 aliphatic heterocycles. The molecule has 1 saturated heterocycles. The minimum absolute atomic E-state index is 0. The number of amides is 1. The average Bonchev–Trinajstić information content (AvgIpc) is 3.32. The number of rotatable bonds is 8. The van der Waals surface area contributed by atoms with Crippen molar-refractivity contribution in [3.05, 3.63) is 59.7 Å². The third-order valence-corrected chi connectivity index (χ3v) is 5.10. The van der Waals surface area contributed by atoms with E-state index in [1.165, 1.54) is 5.56 Å². The summed E-state index contributed by atoms with van der Waals surface area (Å²) in [4.78, 5) is 19.2. The first kappa shape index (κ1) is 25.9. The molecular weight excluding hydrogens is 519 g/mol. The number of guanidine groups is 1. The highest BCUT2D eigenvalue weighted by atomic mass is 127. The van der Waals surface area contributed by atoms with Gasteiger partial charge < -0.3 is 25.0 Å².